The van der Waals surface area contributed by atoms with Gasteiger partial charge in [0, 0.05) is 17.6 Å². The van der Waals surface area contributed by atoms with Crippen molar-refractivity contribution in [1.82, 2.24) is 4.98 Å². The third-order valence-electron chi connectivity index (χ3n) is 2.72. The van der Waals surface area contributed by atoms with Gasteiger partial charge in [-0.2, -0.15) is 0 Å². The maximum atomic E-state index is 3.38. The maximum Gasteiger partial charge on any atom is 0.0551 e. The number of H-pyrrole nitrogens is 1. The van der Waals surface area contributed by atoms with Crippen molar-refractivity contribution in [3.8, 4) is 0 Å². The number of hydrogen-bond acceptors (Lipinski definition) is 1. The Morgan fingerprint density at radius 1 is 1.12 bits per heavy atom. The molecule has 0 unspecified atom stereocenters. The number of nitrogens with one attached hydrogen (secondary N) is 2. The van der Waals surface area contributed by atoms with Gasteiger partial charge in [0.2, 0.25) is 0 Å². The van der Waals surface area contributed by atoms with E-state index in [1.54, 1.807) is 0 Å². The predicted octanol–water partition coefficient (Wildman–Crippen LogP) is 3.75. The molecular formula is C14H18N2. The summed E-state index contributed by atoms with van der Waals surface area (Å²) in [6, 6.07) is 12.7. The second-order valence-electron chi connectivity index (χ2n) is 4.33. The molecule has 0 aliphatic heterocycles. The van der Waals surface area contributed by atoms with Gasteiger partial charge in [0.05, 0.1) is 6.54 Å². The molecule has 0 bridgehead atoms. The zero-order chi connectivity index (χ0) is 11.4. The van der Waals surface area contributed by atoms with Gasteiger partial charge in [-0.05, 0) is 35.7 Å². The number of benzene rings is 1. The van der Waals surface area contributed by atoms with Gasteiger partial charge in [0.15, 0.2) is 0 Å². The standard InChI is InChI=1S/C14H18N2/c1-11(2)12-5-7-13(8-6-12)16-10-14-4-3-9-15-14/h3-9,11,15-16H,10H2,1-2H3. The SMILES string of the molecule is CC(C)c1ccc(NCc2ccc[nH]2)cc1. The van der Waals surface area contributed by atoms with Crippen molar-refractivity contribution in [1.29, 1.82) is 0 Å². The highest BCUT2D eigenvalue weighted by atomic mass is 14.9. The van der Waals surface area contributed by atoms with Crippen LogP contribution in [0, 0.1) is 0 Å². The molecule has 2 nitrogen and oxygen atoms in total. The van der Waals surface area contributed by atoms with Crippen LogP contribution in [0.1, 0.15) is 31.0 Å². The lowest BCUT2D eigenvalue weighted by Crippen LogP contribution is -1.99. The van der Waals surface area contributed by atoms with Crippen LogP contribution in [0.3, 0.4) is 0 Å². The zero-order valence-electron chi connectivity index (χ0n) is 9.83. The lowest BCUT2D eigenvalue weighted by atomic mass is 10.0. The smallest absolute Gasteiger partial charge is 0.0551 e. The molecule has 0 saturated carbocycles. The number of rotatable bonds is 4. The van der Waals surface area contributed by atoms with Crippen LogP contribution < -0.4 is 5.32 Å². The van der Waals surface area contributed by atoms with E-state index in [9.17, 15) is 0 Å². The van der Waals surface area contributed by atoms with Crippen molar-refractivity contribution in [3.63, 3.8) is 0 Å². The largest absolute Gasteiger partial charge is 0.379 e. The summed E-state index contributed by atoms with van der Waals surface area (Å²) in [5.74, 6) is 0.595. The van der Waals surface area contributed by atoms with E-state index in [2.05, 4.69) is 54.5 Å². The molecule has 2 heteroatoms. The molecule has 1 aromatic heterocycles. The monoisotopic (exact) mass is 214 g/mol. The molecule has 1 heterocycles. The van der Waals surface area contributed by atoms with Crippen molar-refractivity contribution >= 4 is 5.69 Å². The Labute approximate surface area is 96.7 Å². The minimum atomic E-state index is 0.595. The molecule has 0 aliphatic rings. The van der Waals surface area contributed by atoms with Gasteiger partial charge >= 0.3 is 0 Å². The highest BCUT2D eigenvalue weighted by Crippen LogP contribution is 2.17. The highest BCUT2D eigenvalue weighted by Gasteiger charge is 1.98. The third kappa shape index (κ3) is 2.66. The Morgan fingerprint density at radius 2 is 1.88 bits per heavy atom. The van der Waals surface area contributed by atoms with Crippen molar-refractivity contribution < 1.29 is 0 Å². The van der Waals surface area contributed by atoms with Crippen LogP contribution in [-0.4, -0.2) is 4.98 Å². The van der Waals surface area contributed by atoms with Crippen LogP contribution in [0.15, 0.2) is 42.6 Å². The minimum absolute atomic E-state index is 0.595. The maximum absolute atomic E-state index is 3.38. The molecule has 0 radical (unpaired) electrons. The topological polar surface area (TPSA) is 27.8 Å². The summed E-state index contributed by atoms with van der Waals surface area (Å²) in [5, 5.41) is 3.38. The molecule has 0 amide bonds. The summed E-state index contributed by atoms with van der Waals surface area (Å²) in [5.41, 5.74) is 3.75. The van der Waals surface area contributed by atoms with Gasteiger partial charge in [0.25, 0.3) is 0 Å². The Kier molecular flexibility index (Phi) is 3.30. The van der Waals surface area contributed by atoms with Crippen LogP contribution >= 0.6 is 0 Å². The number of hydrogen-bond donors (Lipinski definition) is 2. The van der Waals surface area contributed by atoms with Crippen LogP contribution in [-0.2, 0) is 6.54 Å². The molecule has 2 aromatic rings. The normalized spacial score (nSPS) is 10.7. The first-order valence-corrected chi connectivity index (χ1v) is 5.72. The van der Waals surface area contributed by atoms with Gasteiger partial charge < -0.3 is 10.3 Å². The number of aromatic nitrogens is 1. The molecule has 2 rings (SSSR count). The molecular weight excluding hydrogens is 196 g/mol. The van der Waals surface area contributed by atoms with E-state index in [0.29, 0.717) is 5.92 Å². The van der Waals surface area contributed by atoms with Crippen LogP contribution in [0.5, 0.6) is 0 Å². The van der Waals surface area contributed by atoms with Crippen molar-refractivity contribution in [3.05, 3.63) is 53.9 Å². The first kappa shape index (κ1) is 10.8. The lowest BCUT2D eigenvalue weighted by Gasteiger charge is -2.08. The Morgan fingerprint density at radius 3 is 2.44 bits per heavy atom. The van der Waals surface area contributed by atoms with Gasteiger partial charge in [0.1, 0.15) is 0 Å². The van der Waals surface area contributed by atoms with Gasteiger partial charge in [-0.1, -0.05) is 26.0 Å². The van der Waals surface area contributed by atoms with E-state index in [1.165, 1.54) is 16.9 Å². The minimum Gasteiger partial charge on any atom is -0.379 e. The van der Waals surface area contributed by atoms with Crippen LogP contribution in [0.4, 0.5) is 5.69 Å². The molecule has 16 heavy (non-hydrogen) atoms. The van der Waals surface area contributed by atoms with E-state index >= 15 is 0 Å². The van der Waals surface area contributed by atoms with E-state index in [1.807, 2.05) is 12.3 Å². The Hall–Kier alpha value is -1.70. The molecule has 0 aliphatic carbocycles. The van der Waals surface area contributed by atoms with Crippen molar-refractivity contribution in [2.45, 2.75) is 26.3 Å². The van der Waals surface area contributed by atoms with E-state index in [4.69, 9.17) is 0 Å². The predicted molar refractivity (Wildman–Crippen MR) is 68.7 cm³/mol. The average molecular weight is 214 g/mol. The first-order chi connectivity index (χ1) is 7.75. The van der Waals surface area contributed by atoms with Crippen LogP contribution in [0.25, 0.3) is 0 Å². The fourth-order valence-corrected chi connectivity index (χ4v) is 1.66. The summed E-state index contributed by atoms with van der Waals surface area (Å²) in [6.07, 6.45) is 1.94. The molecule has 0 fully saturated rings. The number of anilines is 1. The molecule has 0 spiro atoms. The summed E-state index contributed by atoms with van der Waals surface area (Å²) in [7, 11) is 0. The third-order valence-corrected chi connectivity index (χ3v) is 2.72. The molecule has 2 N–H and O–H groups in total. The summed E-state index contributed by atoms with van der Waals surface area (Å²) in [6.45, 7) is 5.26. The number of aromatic amines is 1. The fourth-order valence-electron chi connectivity index (χ4n) is 1.66. The summed E-state index contributed by atoms with van der Waals surface area (Å²) < 4.78 is 0. The first-order valence-electron chi connectivity index (χ1n) is 5.72. The van der Waals surface area contributed by atoms with Gasteiger partial charge in [-0.25, -0.2) is 0 Å². The Balaban J connectivity index is 1.95. The van der Waals surface area contributed by atoms with Crippen molar-refractivity contribution in [2.75, 3.05) is 5.32 Å². The lowest BCUT2D eigenvalue weighted by molar-refractivity contribution is 0.866. The van der Waals surface area contributed by atoms with Crippen LogP contribution in [0.2, 0.25) is 0 Å². The van der Waals surface area contributed by atoms with Gasteiger partial charge in [-0.3, -0.25) is 0 Å². The summed E-state index contributed by atoms with van der Waals surface area (Å²) in [4.78, 5) is 3.17. The zero-order valence-corrected chi connectivity index (χ0v) is 9.83. The highest BCUT2D eigenvalue weighted by molar-refractivity contribution is 5.45. The fraction of sp³-hybridized carbons (Fsp3) is 0.286. The molecule has 84 valence electrons. The van der Waals surface area contributed by atoms with E-state index < -0.39 is 0 Å². The quantitative estimate of drug-likeness (QED) is 0.797. The van der Waals surface area contributed by atoms with E-state index in [-0.39, 0.29) is 0 Å². The molecule has 1 aromatic carbocycles. The average Bonchev–Trinajstić information content (AvgIpc) is 2.80. The van der Waals surface area contributed by atoms with E-state index in [0.717, 1.165) is 6.54 Å². The second kappa shape index (κ2) is 4.88. The Bertz CT molecular complexity index is 413. The summed E-state index contributed by atoms with van der Waals surface area (Å²) >= 11 is 0. The molecule has 0 atom stereocenters. The van der Waals surface area contributed by atoms with Gasteiger partial charge in [-0.15, -0.1) is 0 Å². The van der Waals surface area contributed by atoms with Crippen molar-refractivity contribution in [2.24, 2.45) is 0 Å². The second-order valence-corrected chi connectivity index (χ2v) is 4.33. The molecule has 0 saturated heterocycles.